The summed E-state index contributed by atoms with van der Waals surface area (Å²) < 4.78 is 4.41. The highest BCUT2D eigenvalue weighted by molar-refractivity contribution is 5.80. The lowest BCUT2D eigenvalue weighted by molar-refractivity contribution is -0.180. The predicted octanol–water partition coefficient (Wildman–Crippen LogP) is -0.175. The molecule has 0 aromatic rings. The molecule has 0 saturated heterocycles. The Hall–Kier alpha value is -0.610. The smallest absolute Gasteiger partial charge is 0.340 e. The minimum atomic E-state index is -1.66. The number of rotatable bonds is 1. The van der Waals surface area contributed by atoms with Crippen molar-refractivity contribution in [3.63, 3.8) is 0 Å². The highest BCUT2D eigenvalue weighted by Gasteiger charge is 2.45. The molecule has 70 valence electrons. The van der Waals surface area contributed by atoms with Gasteiger partial charge in [0.25, 0.3) is 0 Å². The van der Waals surface area contributed by atoms with Crippen molar-refractivity contribution in [1.29, 1.82) is 0 Å². The molecule has 12 heavy (non-hydrogen) atoms. The van der Waals surface area contributed by atoms with Crippen LogP contribution in [0.15, 0.2) is 0 Å². The third-order valence-electron chi connectivity index (χ3n) is 2.38. The van der Waals surface area contributed by atoms with Gasteiger partial charge in [-0.05, 0) is 19.3 Å². The van der Waals surface area contributed by atoms with Gasteiger partial charge in [0.05, 0.1) is 13.2 Å². The highest BCUT2D eigenvalue weighted by atomic mass is 16.5. The number of aliphatic hydroxyl groups excluding tert-OH is 1. The van der Waals surface area contributed by atoms with E-state index in [9.17, 15) is 15.0 Å². The molecule has 2 atom stereocenters. The lowest BCUT2D eigenvalue weighted by Gasteiger charge is -2.33. The molecule has 0 heterocycles. The third-order valence-corrected chi connectivity index (χ3v) is 2.38. The lowest BCUT2D eigenvalue weighted by Crippen LogP contribution is -2.52. The van der Waals surface area contributed by atoms with Crippen LogP contribution < -0.4 is 0 Å². The van der Waals surface area contributed by atoms with Crippen LogP contribution >= 0.6 is 0 Å². The number of hydrogen-bond donors (Lipinski definition) is 2. The second kappa shape index (κ2) is 3.41. The average molecular weight is 174 g/mol. The molecule has 0 amide bonds. The van der Waals surface area contributed by atoms with E-state index in [-0.39, 0.29) is 0 Å². The van der Waals surface area contributed by atoms with E-state index in [1.807, 2.05) is 0 Å². The first-order chi connectivity index (χ1) is 5.61. The summed E-state index contributed by atoms with van der Waals surface area (Å²) in [6.07, 6.45) is 1.38. The van der Waals surface area contributed by atoms with E-state index in [4.69, 9.17) is 0 Å². The maximum atomic E-state index is 11.1. The Labute approximate surface area is 71.2 Å². The van der Waals surface area contributed by atoms with Crippen molar-refractivity contribution < 1.29 is 19.7 Å². The monoisotopic (exact) mass is 174 g/mol. The molecular formula is C8H14O4. The van der Waals surface area contributed by atoms with Gasteiger partial charge in [-0.25, -0.2) is 4.79 Å². The fourth-order valence-corrected chi connectivity index (χ4v) is 1.55. The summed E-state index contributed by atoms with van der Waals surface area (Å²) in [5, 5.41) is 19.1. The van der Waals surface area contributed by atoms with E-state index >= 15 is 0 Å². The van der Waals surface area contributed by atoms with Gasteiger partial charge in [0, 0.05) is 0 Å². The van der Waals surface area contributed by atoms with Crippen LogP contribution in [0, 0.1) is 0 Å². The summed E-state index contributed by atoms with van der Waals surface area (Å²) >= 11 is 0. The first-order valence-electron chi connectivity index (χ1n) is 4.10. The van der Waals surface area contributed by atoms with Gasteiger partial charge in [-0.1, -0.05) is 6.42 Å². The zero-order valence-corrected chi connectivity index (χ0v) is 7.12. The first-order valence-corrected chi connectivity index (χ1v) is 4.10. The Morgan fingerprint density at radius 2 is 2.25 bits per heavy atom. The maximum Gasteiger partial charge on any atom is 0.340 e. The van der Waals surface area contributed by atoms with E-state index in [1.165, 1.54) is 7.11 Å². The zero-order valence-electron chi connectivity index (χ0n) is 7.12. The average Bonchev–Trinajstić information content (AvgIpc) is 2.09. The predicted molar refractivity (Wildman–Crippen MR) is 41.4 cm³/mol. The largest absolute Gasteiger partial charge is 0.467 e. The second-order valence-electron chi connectivity index (χ2n) is 3.18. The molecule has 1 aliphatic carbocycles. The Bertz CT molecular complexity index is 180. The standard InChI is InChI=1S/C8H14O4/c1-12-7(10)8(11)5-3-2-4-6(8)9/h6,9,11H,2-5H2,1H3/t6-,8+/m0/s1. The van der Waals surface area contributed by atoms with Gasteiger partial charge in [0.15, 0.2) is 5.60 Å². The van der Waals surface area contributed by atoms with E-state index in [0.29, 0.717) is 12.8 Å². The lowest BCUT2D eigenvalue weighted by atomic mass is 9.82. The molecule has 1 saturated carbocycles. The van der Waals surface area contributed by atoms with Crippen LogP contribution in [-0.2, 0) is 9.53 Å². The van der Waals surface area contributed by atoms with E-state index < -0.39 is 17.7 Å². The number of carbonyl (C=O) groups excluding carboxylic acids is 1. The first kappa shape index (κ1) is 9.48. The second-order valence-corrected chi connectivity index (χ2v) is 3.18. The Balaban J connectivity index is 2.72. The minimum absolute atomic E-state index is 0.292. The van der Waals surface area contributed by atoms with Crippen LogP contribution in [0.1, 0.15) is 25.7 Å². The normalized spacial score (nSPS) is 36.1. The molecular weight excluding hydrogens is 160 g/mol. The van der Waals surface area contributed by atoms with Gasteiger partial charge in [0.1, 0.15) is 0 Å². The molecule has 2 N–H and O–H groups in total. The summed E-state index contributed by atoms with van der Waals surface area (Å²) in [5.74, 6) is -0.727. The van der Waals surface area contributed by atoms with Gasteiger partial charge < -0.3 is 14.9 Å². The number of aliphatic hydroxyl groups is 2. The molecule has 1 aliphatic rings. The number of ether oxygens (including phenoxy) is 1. The van der Waals surface area contributed by atoms with Crippen LogP contribution in [0.4, 0.5) is 0 Å². The molecule has 4 nitrogen and oxygen atoms in total. The summed E-state index contributed by atoms with van der Waals surface area (Å²) in [6.45, 7) is 0. The fourth-order valence-electron chi connectivity index (χ4n) is 1.55. The van der Waals surface area contributed by atoms with E-state index in [2.05, 4.69) is 4.74 Å². The maximum absolute atomic E-state index is 11.1. The summed E-state index contributed by atoms with van der Waals surface area (Å²) in [7, 11) is 1.21. The third kappa shape index (κ3) is 1.44. The number of methoxy groups -OCH3 is 1. The van der Waals surface area contributed by atoms with Crippen molar-refractivity contribution in [2.45, 2.75) is 37.4 Å². The number of carbonyl (C=O) groups is 1. The molecule has 0 spiro atoms. The molecule has 1 fully saturated rings. The number of hydrogen-bond acceptors (Lipinski definition) is 4. The van der Waals surface area contributed by atoms with Crippen LogP contribution in [-0.4, -0.2) is 35.0 Å². The molecule has 0 aromatic carbocycles. The van der Waals surface area contributed by atoms with Crippen molar-refractivity contribution in [1.82, 2.24) is 0 Å². The van der Waals surface area contributed by atoms with Gasteiger partial charge in [-0.15, -0.1) is 0 Å². The Kier molecular flexibility index (Phi) is 2.69. The summed E-state index contributed by atoms with van der Waals surface area (Å²) in [4.78, 5) is 11.1. The fraction of sp³-hybridized carbons (Fsp3) is 0.875. The Morgan fingerprint density at radius 1 is 1.58 bits per heavy atom. The molecule has 1 rings (SSSR count). The molecule has 0 aromatic heterocycles. The zero-order chi connectivity index (χ0) is 9.19. The number of esters is 1. The van der Waals surface area contributed by atoms with Gasteiger partial charge >= 0.3 is 5.97 Å². The molecule has 0 aliphatic heterocycles. The molecule has 0 radical (unpaired) electrons. The van der Waals surface area contributed by atoms with E-state index in [0.717, 1.165) is 12.8 Å². The van der Waals surface area contributed by atoms with Crippen molar-refractivity contribution in [2.24, 2.45) is 0 Å². The van der Waals surface area contributed by atoms with Crippen molar-refractivity contribution in [3.05, 3.63) is 0 Å². The summed E-state index contributed by atoms with van der Waals surface area (Å²) in [5.41, 5.74) is -1.66. The SMILES string of the molecule is COC(=O)[C@@]1(O)CCCC[C@@H]1O. The Morgan fingerprint density at radius 3 is 2.75 bits per heavy atom. The van der Waals surface area contributed by atoms with Crippen molar-refractivity contribution in [2.75, 3.05) is 7.11 Å². The molecule has 0 unspecified atom stereocenters. The molecule has 4 heteroatoms. The van der Waals surface area contributed by atoms with Gasteiger partial charge in [-0.2, -0.15) is 0 Å². The van der Waals surface area contributed by atoms with Crippen molar-refractivity contribution >= 4 is 5.97 Å². The van der Waals surface area contributed by atoms with Gasteiger partial charge in [-0.3, -0.25) is 0 Å². The summed E-state index contributed by atoms with van der Waals surface area (Å²) in [6, 6.07) is 0. The highest BCUT2D eigenvalue weighted by Crippen LogP contribution is 2.29. The topological polar surface area (TPSA) is 66.8 Å². The minimum Gasteiger partial charge on any atom is -0.467 e. The van der Waals surface area contributed by atoms with Crippen molar-refractivity contribution in [3.8, 4) is 0 Å². The van der Waals surface area contributed by atoms with Crippen LogP contribution in [0.2, 0.25) is 0 Å². The van der Waals surface area contributed by atoms with Gasteiger partial charge in [0.2, 0.25) is 0 Å². The molecule has 0 bridgehead atoms. The van der Waals surface area contributed by atoms with Crippen LogP contribution in [0.5, 0.6) is 0 Å². The van der Waals surface area contributed by atoms with Crippen LogP contribution in [0.3, 0.4) is 0 Å². The van der Waals surface area contributed by atoms with Crippen LogP contribution in [0.25, 0.3) is 0 Å². The van der Waals surface area contributed by atoms with E-state index in [1.54, 1.807) is 0 Å². The quantitative estimate of drug-likeness (QED) is 0.541.